The molecule has 0 spiro atoms. The van der Waals surface area contributed by atoms with Crippen molar-refractivity contribution in [3.63, 3.8) is 0 Å². The van der Waals surface area contributed by atoms with E-state index in [1.165, 1.54) is 57.9 Å². The molecule has 0 aromatic heterocycles. The molecule has 2 atom stereocenters. The van der Waals surface area contributed by atoms with Crippen LogP contribution < -0.4 is 0 Å². The van der Waals surface area contributed by atoms with Gasteiger partial charge in [0.05, 0.1) is 0 Å². The Bertz CT molecular complexity index is 189. The molecule has 2 rings (SSSR count). The molecule has 0 amide bonds. The second kappa shape index (κ2) is 5.54. The van der Waals surface area contributed by atoms with Gasteiger partial charge in [-0.05, 0) is 38.6 Å². The Morgan fingerprint density at radius 3 is 2.27 bits per heavy atom. The van der Waals surface area contributed by atoms with Crippen molar-refractivity contribution in [2.24, 2.45) is 5.92 Å². The summed E-state index contributed by atoms with van der Waals surface area (Å²) in [4.78, 5) is 2.55. The zero-order valence-electron chi connectivity index (χ0n) is 9.92. The molecule has 0 aromatic rings. The fourth-order valence-corrected chi connectivity index (χ4v) is 3.77. The Balaban J connectivity index is 1.80. The smallest absolute Gasteiger partial charge is 0.0491 e. The Labute approximate surface area is 99.2 Å². The van der Waals surface area contributed by atoms with E-state index < -0.39 is 0 Å². The first kappa shape index (κ1) is 11.7. The molecule has 0 saturated heterocycles. The maximum absolute atomic E-state index is 6.42. The van der Waals surface area contributed by atoms with Crippen LogP contribution in [-0.4, -0.2) is 29.9 Å². The molecule has 2 heteroatoms. The van der Waals surface area contributed by atoms with Crippen LogP contribution in [0.5, 0.6) is 0 Å². The summed E-state index contributed by atoms with van der Waals surface area (Å²) < 4.78 is 0. The molecule has 0 aliphatic heterocycles. The van der Waals surface area contributed by atoms with E-state index in [-0.39, 0.29) is 0 Å². The molecule has 1 nitrogen and oxygen atoms in total. The maximum atomic E-state index is 6.42. The largest absolute Gasteiger partial charge is 0.302 e. The lowest BCUT2D eigenvalue weighted by atomic mass is 9.93. The molecule has 0 bridgehead atoms. The third-order valence-corrected chi connectivity index (χ3v) is 4.74. The van der Waals surface area contributed by atoms with E-state index >= 15 is 0 Å². The van der Waals surface area contributed by atoms with E-state index in [2.05, 4.69) is 11.9 Å². The highest BCUT2D eigenvalue weighted by Crippen LogP contribution is 2.30. The first-order valence-electron chi connectivity index (χ1n) is 6.61. The summed E-state index contributed by atoms with van der Waals surface area (Å²) in [6, 6.07) is 0.654. The summed E-state index contributed by atoms with van der Waals surface area (Å²) in [5.41, 5.74) is 0. The normalized spacial score (nSPS) is 33.8. The van der Waals surface area contributed by atoms with Gasteiger partial charge in [-0.2, -0.15) is 0 Å². The Kier molecular flexibility index (Phi) is 4.33. The van der Waals surface area contributed by atoms with Crippen LogP contribution >= 0.6 is 11.6 Å². The third kappa shape index (κ3) is 3.10. The van der Waals surface area contributed by atoms with Crippen LogP contribution in [0, 0.1) is 5.92 Å². The second-order valence-electron chi connectivity index (χ2n) is 5.46. The second-order valence-corrected chi connectivity index (χ2v) is 6.02. The summed E-state index contributed by atoms with van der Waals surface area (Å²) in [5.74, 6) is 0.959. The van der Waals surface area contributed by atoms with Crippen LogP contribution in [0.15, 0.2) is 0 Å². The summed E-state index contributed by atoms with van der Waals surface area (Å²) in [5, 5.41) is 0.408. The number of hydrogen-bond acceptors (Lipinski definition) is 1. The van der Waals surface area contributed by atoms with E-state index in [4.69, 9.17) is 11.6 Å². The van der Waals surface area contributed by atoms with E-state index in [0.717, 1.165) is 5.92 Å². The maximum Gasteiger partial charge on any atom is 0.0491 e. The first-order valence-corrected chi connectivity index (χ1v) is 7.05. The number of rotatable bonds is 3. The lowest BCUT2D eigenvalue weighted by Crippen LogP contribution is -2.42. The number of halogens is 1. The van der Waals surface area contributed by atoms with Crippen molar-refractivity contribution in [2.45, 2.75) is 62.8 Å². The molecule has 0 N–H and O–H groups in total. The van der Waals surface area contributed by atoms with Gasteiger partial charge in [-0.3, -0.25) is 0 Å². The fourth-order valence-electron chi connectivity index (χ4n) is 3.30. The van der Waals surface area contributed by atoms with Gasteiger partial charge in [0.1, 0.15) is 0 Å². The number of hydrogen-bond donors (Lipinski definition) is 0. The first-order chi connectivity index (χ1) is 7.27. The minimum Gasteiger partial charge on any atom is -0.302 e. The van der Waals surface area contributed by atoms with Crippen molar-refractivity contribution in [3.8, 4) is 0 Å². The molecule has 0 radical (unpaired) electrons. The summed E-state index contributed by atoms with van der Waals surface area (Å²) in [6.45, 7) is 1.29. The van der Waals surface area contributed by atoms with Crippen LogP contribution in [0.1, 0.15) is 51.4 Å². The average molecular weight is 230 g/mol. The van der Waals surface area contributed by atoms with E-state index in [0.29, 0.717) is 11.4 Å². The van der Waals surface area contributed by atoms with Crippen molar-refractivity contribution < 1.29 is 0 Å². The SMILES string of the molecule is CN(CC1CCCC1)C1CCCCC1Cl. The van der Waals surface area contributed by atoms with Crippen molar-refractivity contribution >= 4 is 11.6 Å². The Morgan fingerprint density at radius 1 is 1.00 bits per heavy atom. The quantitative estimate of drug-likeness (QED) is 0.668. The van der Waals surface area contributed by atoms with Gasteiger partial charge in [-0.15, -0.1) is 11.6 Å². The Morgan fingerprint density at radius 2 is 1.60 bits per heavy atom. The van der Waals surface area contributed by atoms with Crippen LogP contribution in [0.3, 0.4) is 0 Å². The standard InChI is InChI=1S/C13H24ClN/c1-15(10-11-6-2-3-7-11)13-9-5-4-8-12(13)14/h11-13H,2-10H2,1H3. The monoisotopic (exact) mass is 229 g/mol. The van der Waals surface area contributed by atoms with Gasteiger partial charge < -0.3 is 4.90 Å². The topological polar surface area (TPSA) is 3.24 Å². The van der Waals surface area contributed by atoms with Gasteiger partial charge in [0.2, 0.25) is 0 Å². The lowest BCUT2D eigenvalue weighted by Gasteiger charge is -2.36. The molecule has 2 fully saturated rings. The van der Waals surface area contributed by atoms with Gasteiger partial charge in [0, 0.05) is 18.0 Å². The molecule has 88 valence electrons. The van der Waals surface area contributed by atoms with Gasteiger partial charge in [0.25, 0.3) is 0 Å². The summed E-state index contributed by atoms with van der Waals surface area (Å²) in [6.07, 6.45) is 11.1. The van der Waals surface area contributed by atoms with Crippen LogP contribution in [-0.2, 0) is 0 Å². The van der Waals surface area contributed by atoms with E-state index in [1.54, 1.807) is 0 Å². The molecular formula is C13H24ClN. The minimum atomic E-state index is 0.408. The highest BCUT2D eigenvalue weighted by atomic mass is 35.5. The van der Waals surface area contributed by atoms with Crippen molar-refractivity contribution in [1.82, 2.24) is 4.90 Å². The van der Waals surface area contributed by atoms with Crippen LogP contribution in [0.2, 0.25) is 0 Å². The van der Waals surface area contributed by atoms with Gasteiger partial charge >= 0.3 is 0 Å². The number of alkyl halides is 1. The van der Waals surface area contributed by atoms with Gasteiger partial charge in [-0.25, -0.2) is 0 Å². The lowest BCUT2D eigenvalue weighted by molar-refractivity contribution is 0.170. The molecule has 0 heterocycles. The van der Waals surface area contributed by atoms with Crippen LogP contribution in [0.25, 0.3) is 0 Å². The average Bonchev–Trinajstić information content (AvgIpc) is 2.71. The highest BCUT2D eigenvalue weighted by molar-refractivity contribution is 6.21. The van der Waals surface area contributed by atoms with E-state index in [1.807, 2.05) is 0 Å². The van der Waals surface area contributed by atoms with Crippen molar-refractivity contribution in [1.29, 1.82) is 0 Å². The van der Waals surface area contributed by atoms with Gasteiger partial charge in [0.15, 0.2) is 0 Å². The summed E-state index contributed by atoms with van der Waals surface area (Å²) in [7, 11) is 2.28. The minimum absolute atomic E-state index is 0.408. The van der Waals surface area contributed by atoms with Crippen LogP contribution in [0.4, 0.5) is 0 Å². The van der Waals surface area contributed by atoms with E-state index in [9.17, 15) is 0 Å². The molecule has 15 heavy (non-hydrogen) atoms. The number of nitrogens with zero attached hydrogens (tertiary/aromatic N) is 1. The predicted molar refractivity (Wildman–Crippen MR) is 66.5 cm³/mol. The molecule has 0 aromatic carbocycles. The molecule has 2 aliphatic rings. The molecular weight excluding hydrogens is 206 g/mol. The molecule has 2 aliphatic carbocycles. The third-order valence-electron chi connectivity index (χ3n) is 4.23. The van der Waals surface area contributed by atoms with Crippen molar-refractivity contribution in [2.75, 3.05) is 13.6 Å². The Hall–Kier alpha value is 0.250. The zero-order valence-corrected chi connectivity index (χ0v) is 10.7. The fraction of sp³-hybridized carbons (Fsp3) is 1.00. The highest BCUT2D eigenvalue weighted by Gasteiger charge is 2.28. The van der Waals surface area contributed by atoms with Crippen molar-refractivity contribution in [3.05, 3.63) is 0 Å². The predicted octanol–water partition coefficient (Wildman–Crippen LogP) is 3.66. The zero-order chi connectivity index (χ0) is 10.7. The molecule has 2 unspecified atom stereocenters. The molecule has 2 saturated carbocycles. The van der Waals surface area contributed by atoms with Gasteiger partial charge in [-0.1, -0.05) is 25.7 Å². The summed E-state index contributed by atoms with van der Waals surface area (Å²) >= 11 is 6.42.